The Kier molecular flexibility index (Phi) is 7.74. The quantitative estimate of drug-likeness (QED) is 0.473. The van der Waals surface area contributed by atoms with Gasteiger partial charge in [-0.25, -0.2) is 0 Å². The van der Waals surface area contributed by atoms with Crippen molar-refractivity contribution in [2.24, 2.45) is 0 Å². The minimum atomic E-state index is -0.325. The van der Waals surface area contributed by atoms with E-state index in [4.69, 9.17) is 12.2 Å². The van der Waals surface area contributed by atoms with Gasteiger partial charge in [-0.15, -0.1) is 0 Å². The number of benzene rings is 2. The number of amides is 2. The normalized spacial score (nSPS) is 10.1. The minimum Gasteiger partial charge on any atom is -0.352 e. The minimum absolute atomic E-state index is 0.129. The molecule has 2 aromatic carbocycles. The molecule has 0 saturated carbocycles. The number of rotatable bonds is 6. The third kappa shape index (κ3) is 5.93. The highest BCUT2D eigenvalue weighted by atomic mass is 79.9. The standard InChI is InChI=1S/C19H20BrN3O2S/c1-2-3-11-21-18(25)15-9-4-5-10-16(15)22-19(26)23-17(24)13-7-6-8-14(20)12-13/h4-10,12H,2-3,11H2,1H3,(H,21,25)(H2,22,23,24,26). The Morgan fingerprint density at radius 3 is 2.58 bits per heavy atom. The van der Waals surface area contributed by atoms with Gasteiger partial charge < -0.3 is 10.6 Å². The Bertz CT molecular complexity index is 811. The van der Waals surface area contributed by atoms with E-state index in [1.807, 2.05) is 6.07 Å². The van der Waals surface area contributed by atoms with Crippen LogP contribution >= 0.6 is 28.1 Å². The predicted octanol–water partition coefficient (Wildman–Crippen LogP) is 4.11. The first-order valence-corrected chi connectivity index (χ1v) is 9.46. The van der Waals surface area contributed by atoms with Crippen LogP contribution in [0, 0.1) is 0 Å². The van der Waals surface area contributed by atoms with Crippen LogP contribution < -0.4 is 16.0 Å². The number of hydrogen-bond donors (Lipinski definition) is 3. The van der Waals surface area contributed by atoms with E-state index in [2.05, 4.69) is 38.8 Å². The first kappa shape index (κ1) is 20.1. The Labute approximate surface area is 166 Å². The molecule has 26 heavy (non-hydrogen) atoms. The number of hydrogen-bond acceptors (Lipinski definition) is 3. The summed E-state index contributed by atoms with van der Waals surface area (Å²) < 4.78 is 0.804. The van der Waals surface area contributed by atoms with Gasteiger partial charge in [-0.2, -0.15) is 0 Å². The van der Waals surface area contributed by atoms with Crippen molar-refractivity contribution in [3.8, 4) is 0 Å². The lowest BCUT2D eigenvalue weighted by Gasteiger charge is -2.13. The number of thiocarbonyl (C=S) groups is 1. The molecular weight excluding hydrogens is 414 g/mol. The molecule has 5 nitrogen and oxygen atoms in total. The molecule has 3 N–H and O–H groups in total. The van der Waals surface area contributed by atoms with Crippen LogP contribution in [0.2, 0.25) is 0 Å². The Morgan fingerprint density at radius 2 is 1.85 bits per heavy atom. The van der Waals surface area contributed by atoms with E-state index in [0.29, 0.717) is 23.4 Å². The Hall–Kier alpha value is -2.25. The fourth-order valence-electron chi connectivity index (χ4n) is 2.22. The van der Waals surface area contributed by atoms with Crippen LogP contribution in [0.5, 0.6) is 0 Å². The summed E-state index contributed by atoms with van der Waals surface area (Å²) in [6.45, 7) is 2.68. The summed E-state index contributed by atoms with van der Waals surface area (Å²) in [7, 11) is 0. The Balaban J connectivity index is 2.02. The van der Waals surface area contributed by atoms with Gasteiger partial charge in [-0.05, 0) is 49.0 Å². The molecule has 0 spiro atoms. The van der Waals surface area contributed by atoms with Gasteiger partial charge in [0, 0.05) is 16.6 Å². The number of halogens is 1. The van der Waals surface area contributed by atoms with Crippen LogP contribution in [0.1, 0.15) is 40.5 Å². The topological polar surface area (TPSA) is 70.2 Å². The van der Waals surface area contributed by atoms with Crippen molar-refractivity contribution in [1.29, 1.82) is 0 Å². The molecule has 2 aromatic rings. The van der Waals surface area contributed by atoms with Crippen LogP contribution in [0.15, 0.2) is 53.0 Å². The fraction of sp³-hybridized carbons (Fsp3) is 0.211. The lowest BCUT2D eigenvalue weighted by Crippen LogP contribution is -2.35. The van der Waals surface area contributed by atoms with E-state index in [0.717, 1.165) is 17.3 Å². The average Bonchev–Trinajstić information content (AvgIpc) is 2.62. The second kappa shape index (κ2) is 10.0. The largest absolute Gasteiger partial charge is 0.352 e. The molecule has 0 atom stereocenters. The van der Waals surface area contributed by atoms with E-state index in [1.54, 1.807) is 42.5 Å². The van der Waals surface area contributed by atoms with Gasteiger partial charge in [-0.3, -0.25) is 14.9 Å². The molecular formula is C19H20BrN3O2S. The van der Waals surface area contributed by atoms with Gasteiger partial charge in [0.2, 0.25) is 0 Å². The van der Waals surface area contributed by atoms with Gasteiger partial charge in [-0.1, -0.05) is 47.5 Å². The number of carbonyl (C=O) groups excluding carboxylic acids is 2. The van der Waals surface area contributed by atoms with Gasteiger partial charge >= 0.3 is 0 Å². The van der Waals surface area contributed by atoms with Gasteiger partial charge in [0.1, 0.15) is 0 Å². The van der Waals surface area contributed by atoms with Crippen molar-refractivity contribution in [1.82, 2.24) is 10.6 Å². The fourth-order valence-corrected chi connectivity index (χ4v) is 2.82. The summed E-state index contributed by atoms with van der Waals surface area (Å²) in [5.41, 5.74) is 1.50. The third-order valence-electron chi connectivity index (χ3n) is 3.55. The zero-order valence-corrected chi connectivity index (χ0v) is 16.7. The highest BCUT2D eigenvalue weighted by molar-refractivity contribution is 9.10. The summed E-state index contributed by atoms with van der Waals surface area (Å²) in [4.78, 5) is 24.6. The molecule has 0 aliphatic rings. The molecule has 0 saturated heterocycles. The molecule has 0 aliphatic heterocycles. The predicted molar refractivity (Wildman–Crippen MR) is 112 cm³/mol. The van der Waals surface area contributed by atoms with Crippen molar-refractivity contribution in [3.05, 3.63) is 64.1 Å². The van der Waals surface area contributed by atoms with E-state index in [9.17, 15) is 9.59 Å². The zero-order chi connectivity index (χ0) is 18.9. The highest BCUT2D eigenvalue weighted by Crippen LogP contribution is 2.15. The van der Waals surface area contributed by atoms with Crippen LogP contribution in [0.3, 0.4) is 0 Å². The molecule has 2 rings (SSSR count). The molecule has 0 heterocycles. The van der Waals surface area contributed by atoms with Crippen molar-refractivity contribution >= 4 is 50.8 Å². The maximum Gasteiger partial charge on any atom is 0.257 e. The summed E-state index contributed by atoms with van der Waals surface area (Å²) in [5.74, 6) is -0.503. The number of unbranched alkanes of at least 4 members (excludes halogenated alkanes) is 1. The van der Waals surface area contributed by atoms with Crippen molar-refractivity contribution < 1.29 is 9.59 Å². The average molecular weight is 434 g/mol. The van der Waals surface area contributed by atoms with Crippen LogP contribution in [0.4, 0.5) is 5.69 Å². The second-order valence-electron chi connectivity index (χ2n) is 5.57. The van der Waals surface area contributed by atoms with Crippen molar-refractivity contribution in [3.63, 3.8) is 0 Å². The summed E-state index contributed by atoms with van der Waals surface area (Å²) in [6, 6.07) is 14.0. The molecule has 0 radical (unpaired) electrons. The van der Waals surface area contributed by atoms with E-state index in [1.165, 1.54) is 0 Å². The van der Waals surface area contributed by atoms with Crippen molar-refractivity contribution in [2.45, 2.75) is 19.8 Å². The molecule has 136 valence electrons. The molecule has 0 bridgehead atoms. The lowest BCUT2D eigenvalue weighted by atomic mass is 10.1. The van der Waals surface area contributed by atoms with Crippen LogP contribution in [0.25, 0.3) is 0 Å². The molecule has 2 amide bonds. The van der Waals surface area contributed by atoms with E-state index >= 15 is 0 Å². The Morgan fingerprint density at radius 1 is 1.08 bits per heavy atom. The summed E-state index contributed by atoms with van der Waals surface area (Å²) in [5, 5.41) is 8.54. The first-order valence-electron chi connectivity index (χ1n) is 8.26. The maximum atomic E-state index is 12.3. The van der Waals surface area contributed by atoms with Crippen LogP contribution in [-0.4, -0.2) is 23.5 Å². The van der Waals surface area contributed by atoms with E-state index in [-0.39, 0.29) is 16.9 Å². The van der Waals surface area contributed by atoms with E-state index < -0.39 is 0 Å². The zero-order valence-electron chi connectivity index (χ0n) is 14.3. The molecule has 0 fully saturated rings. The summed E-state index contributed by atoms with van der Waals surface area (Å²) >= 11 is 8.54. The number of para-hydroxylation sites is 1. The van der Waals surface area contributed by atoms with Crippen molar-refractivity contribution in [2.75, 3.05) is 11.9 Å². The number of anilines is 1. The molecule has 7 heteroatoms. The van der Waals surface area contributed by atoms with Gasteiger partial charge in [0.25, 0.3) is 11.8 Å². The van der Waals surface area contributed by atoms with Gasteiger partial charge in [0.15, 0.2) is 5.11 Å². The molecule has 0 unspecified atom stereocenters. The molecule has 0 aliphatic carbocycles. The maximum absolute atomic E-state index is 12.3. The highest BCUT2D eigenvalue weighted by Gasteiger charge is 2.13. The first-order chi connectivity index (χ1) is 12.5. The van der Waals surface area contributed by atoms with Crippen LogP contribution in [-0.2, 0) is 0 Å². The number of carbonyl (C=O) groups is 2. The van der Waals surface area contributed by atoms with Gasteiger partial charge in [0.05, 0.1) is 11.3 Å². The third-order valence-corrected chi connectivity index (χ3v) is 4.25. The second-order valence-corrected chi connectivity index (χ2v) is 6.90. The number of nitrogens with one attached hydrogen (secondary N) is 3. The molecule has 0 aromatic heterocycles. The summed E-state index contributed by atoms with van der Waals surface area (Å²) in [6.07, 6.45) is 1.92. The smallest absolute Gasteiger partial charge is 0.257 e. The lowest BCUT2D eigenvalue weighted by molar-refractivity contribution is 0.0952. The SMILES string of the molecule is CCCCNC(=O)c1ccccc1NC(=S)NC(=O)c1cccc(Br)c1. The monoisotopic (exact) mass is 433 g/mol.